The number of hydrogen-bond acceptors (Lipinski definition) is 5. The average molecular weight is 405 g/mol. The quantitative estimate of drug-likeness (QED) is 0.683. The van der Waals surface area contributed by atoms with E-state index in [1.54, 1.807) is 12.4 Å². The SMILES string of the molecule is O[C@@H]1C[C@H]2CN(Cc3cccc(OCc4ccccn4)c3)C[C@H]2C[C@H]1n1cccn1. The lowest BCUT2D eigenvalue weighted by Crippen LogP contribution is -2.36. The minimum absolute atomic E-state index is 0.101. The molecule has 4 atom stereocenters. The van der Waals surface area contributed by atoms with E-state index >= 15 is 0 Å². The fourth-order valence-corrected chi connectivity index (χ4v) is 5.03. The number of hydrogen-bond donors (Lipinski definition) is 1. The zero-order valence-electron chi connectivity index (χ0n) is 17.0. The molecular weight excluding hydrogens is 376 g/mol. The summed E-state index contributed by atoms with van der Waals surface area (Å²) in [6.07, 6.45) is 7.10. The summed E-state index contributed by atoms with van der Waals surface area (Å²) >= 11 is 0. The molecule has 1 N–H and O–H groups in total. The van der Waals surface area contributed by atoms with E-state index in [4.69, 9.17) is 4.74 Å². The smallest absolute Gasteiger partial charge is 0.130 e. The first-order valence-corrected chi connectivity index (χ1v) is 10.8. The van der Waals surface area contributed by atoms with Crippen LogP contribution in [0.4, 0.5) is 0 Å². The van der Waals surface area contributed by atoms with Gasteiger partial charge in [0.25, 0.3) is 0 Å². The molecule has 1 saturated carbocycles. The lowest BCUT2D eigenvalue weighted by atomic mass is 9.77. The van der Waals surface area contributed by atoms with Crippen molar-refractivity contribution in [3.8, 4) is 5.75 Å². The number of aliphatic hydroxyl groups excluding tert-OH is 1. The predicted molar refractivity (Wildman–Crippen MR) is 114 cm³/mol. The van der Waals surface area contributed by atoms with Crippen LogP contribution in [-0.2, 0) is 13.2 Å². The van der Waals surface area contributed by atoms with Crippen molar-refractivity contribution >= 4 is 0 Å². The number of likely N-dealkylation sites (tertiary alicyclic amines) is 1. The van der Waals surface area contributed by atoms with Crippen LogP contribution in [-0.4, -0.2) is 44.0 Å². The van der Waals surface area contributed by atoms with Gasteiger partial charge < -0.3 is 9.84 Å². The Kier molecular flexibility index (Phi) is 5.51. The lowest BCUT2D eigenvalue weighted by Gasteiger charge is -2.35. The van der Waals surface area contributed by atoms with Crippen molar-refractivity contribution < 1.29 is 9.84 Å². The molecule has 5 rings (SSSR count). The van der Waals surface area contributed by atoms with Crippen LogP contribution in [0.2, 0.25) is 0 Å². The first-order valence-electron chi connectivity index (χ1n) is 10.8. The second kappa shape index (κ2) is 8.58. The molecule has 0 radical (unpaired) electrons. The number of aromatic nitrogens is 3. The van der Waals surface area contributed by atoms with Crippen molar-refractivity contribution in [3.05, 3.63) is 78.4 Å². The van der Waals surface area contributed by atoms with E-state index in [1.807, 2.05) is 41.2 Å². The fourth-order valence-electron chi connectivity index (χ4n) is 5.03. The van der Waals surface area contributed by atoms with Crippen molar-refractivity contribution in [1.82, 2.24) is 19.7 Å². The summed E-state index contributed by atoms with van der Waals surface area (Å²) in [5.41, 5.74) is 2.19. The van der Waals surface area contributed by atoms with E-state index in [1.165, 1.54) is 5.56 Å². The lowest BCUT2D eigenvalue weighted by molar-refractivity contribution is 0.0306. The summed E-state index contributed by atoms with van der Waals surface area (Å²) in [6.45, 7) is 3.52. The van der Waals surface area contributed by atoms with Gasteiger partial charge >= 0.3 is 0 Å². The minimum Gasteiger partial charge on any atom is -0.487 e. The maximum absolute atomic E-state index is 10.7. The molecule has 1 aromatic carbocycles. The first-order chi connectivity index (χ1) is 14.7. The Labute approximate surface area is 177 Å². The van der Waals surface area contributed by atoms with Crippen molar-refractivity contribution in [2.24, 2.45) is 11.8 Å². The van der Waals surface area contributed by atoms with Crippen LogP contribution in [0, 0.1) is 11.8 Å². The van der Waals surface area contributed by atoms with Gasteiger partial charge in [-0.3, -0.25) is 14.6 Å². The maximum atomic E-state index is 10.7. The second-order valence-electron chi connectivity index (χ2n) is 8.56. The number of fused-ring (bicyclic) bond motifs is 1. The molecule has 2 aromatic heterocycles. The molecule has 1 aliphatic heterocycles. The van der Waals surface area contributed by atoms with Crippen LogP contribution < -0.4 is 4.74 Å². The molecule has 2 fully saturated rings. The second-order valence-corrected chi connectivity index (χ2v) is 8.56. The van der Waals surface area contributed by atoms with Gasteiger partial charge in [-0.15, -0.1) is 0 Å². The number of pyridine rings is 1. The van der Waals surface area contributed by atoms with Crippen LogP contribution in [0.1, 0.15) is 30.1 Å². The number of rotatable bonds is 6. The Balaban J connectivity index is 1.19. The number of aliphatic hydroxyl groups is 1. The van der Waals surface area contributed by atoms with Gasteiger partial charge in [-0.25, -0.2) is 0 Å². The molecule has 2 aliphatic rings. The maximum Gasteiger partial charge on any atom is 0.130 e. The van der Waals surface area contributed by atoms with Gasteiger partial charge in [0.05, 0.1) is 17.8 Å². The van der Waals surface area contributed by atoms with E-state index < -0.39 is 0 Å². The van der Waals surface area contributed by atoms with Gasteiger partial charge in [0.15, 0.2) is 0 Å². The Hall–Kier alpha value is -2.70. The predicted octanol–water partition coefficient (Wildman–Crippen LogP) is 3.30. The summed E-state index contributed by atoms with van der Waals surface area (Å²) in [7, 11) is 0. The molecule has 30 heavy (non-hydrogen) atoms. The number of ether oxygens (including phenoxy) is 1. The third-order valence-corrected chi connectivity index (χ3v) is 6.47. The largest absolute Gasteiger partial charge is 0.487 e. The van der Waals surface area contributed by atoms with Crippen LogP contribution >= 0.6 is 0 Å². The molecule has 6 heteroatoms. The van der Waals surface area contributed by atoms with Gasteiger partial charge in [-0.2, -0.15) is 5.10 Å². The molecule has 156 valence electrons. The van der Waals surface area contributed by atoms with Gasteiger partial charge in [0, 0.05) is 38.2 Å². The molecule has 1 aliphatic carbocycles. The molecule has 3 aromatic rings. The summed E-state index contributed by atoms with van der Waals surface area (Å²) < 4.78 is 7.87. The Bertz CT molecular complexity index is 947. The highest BCUT2D eigenvalue weighted by molar-refractivity contribution is 5.28. The van der Waals surface area contributed by atoms with E-state index in [0.29, 0.717) is 18.4 Å². The van der Waals surface area contributed by atoms with Crippen LogP contribution in [0.15, 0.2) is 67.1 Å². The van der Waals surface area contributed by atoms with Gasteiger partial charge in [0.2, 0.25) is 0 Å². The number of nitrogens with zero attached hydrogens (tertiary/aromatic N) is 4. The highest BCUT2D eigenvalue weighted by atomic mass is 16.5. The highest BCUT2D eigenvalue weighted by Crippen LogP contribution is 2.41. The van der Waals surface area contributed by atoms with E-state index in [-0.39, 0.29) is 12.1 Å². The van der Waals surface area contributed by atoms with Crippen LogP contribution in [0.25, 0.3) is 0 Å². The molecule has 1 saturated heterocycles. The normalized spacial score (nSPS) is 26.4. The standard InChI is InChI=1S/C24H28N4O2/c29-24-13-20-16-27(15-19(20)12-23(24)28-10-4-9-26-28)14-18-5-3-7-22(11-18)30-17-21-6-1-2-8-25-21/h1-11,19-20,23-24,29H,12-17H2/t19-,20+,23-,24-/m1/s1. The third kappa shape index (κ3) is 4.25. The summed E-state index contributed by atoms with van der Waals surface area (Å²) in [6, 6.07) is 16.2. The van der Waals surface area contributed by atoms with Crippen LogP contribution in [0.5, 0.6) is 5.75 Å². The fraction of sp³-hybridized carbons (Fsp3) is 0.417. The van der Waals surface area contributed by atoms with Crippen LogP contribution in [0.3, 0.4) is 0 Å². The molecule has 6 nitrogen and oxygen atoms in total. The Morgan fingerprint density at radius 1 is 1.00 bits per heavy atom. The molecular formula is C24H28N4O2. The van der Waals surface area contributed by atoms with E-state index in [9.17, 15) is 5.11 Å². The molecule has 0 spiro atoms. The zero-order valence-corrected chi connectivity index (χ0v) is 17.0. The number of benzene rings is 1. The third-order valence-electron chi connectivity index (χ3n) is 6.47. The monoisotopic (exact) mass is 404 g/mol. The summed E-state index contributed by atoms with van der Waals surface area (Å²) in [5, 5.41) is 15.0. The first kappa shape index (κ1) is 19.3. The van der Waals surface area contributed by atoms with Gasteiger partial charge in [-0.1, -0.05) is 18.2 Å². The highest BCUT2D eigenvalue weighted by Gasteiger charge is 2.42. The summed E-state index contributed by atoms with van der Waals surface area (Å²) in [4.78, 5) is 6.83. The average Bonchev–Trinajstić information content (AvgIpc) is 3.42. The van der Waals surface area contributed by atoms with Gasteiger partial charge in [0.1, 0.15) is 12.4 Å². The van der Waals surface area contributed by atoms with Gasteiger partial charge in [-0.05, 0) is 60.6 Å². The van der Waals surface area contributed by atoms with Crippen molar-refractivity contribution in [2.45, 2.75) is 38.1 Å². The molecule has 3 heterocycles. The topological polar surface area (TPSA) is 63.4 Å². The van der Waals surface area contributed by atoms with E-state index in [0.717, 1.165) is 43.9 Å². The zero-order chi connectivity index (χ0) is 20.3. The Morgan fingerprint density at radius 3 is 2.70 bits per heavy atom. The molecule has 0 unspecified atom stereocenters. The van der Waals surface area contributed by atoms with Crippen molar-refractivity contribution in [1.29, 1.82) is 0 Å². The molecule has 0 amide bonds. The molecule has 0 bridgehead atoms. The Morgan fingerprint density at radius 2 is 1.90 bits per heavy atom. The van der Waals surface area contributed by atoms with Crippen molar-refractivity contribution in [3.63, 3.8) is 0 Å². The minimum atomic E-state index is -0.311. The van der Waals surface area contributed by atoms with E-state index in [2.05, 4.69) is 33.2 Å². The van der Waals surface area contributed by atoms with Crippen molar-refractivity contribution in [2.75, 3.05) is 13.1 Å². The summed E-state index contributed by atoms with van der Waals surface area (Å²) in [5.74, 6) is 2.06.